The molecular weight excluding hydrogens is 494 g/mol. The smallest absolute Gasteiger partial charge is 0.266 e. The number of hydrogen-bond acceptors (Lipinski definition) is 4. The summed E-state index contributed by atoms with van der Waals surface area (Å²) in [6, 6.07) is 20.2. The maximum absolute atomic E-state index is 12.6. The first-order valence-electron chi connectivity index (χ1n) is 10.5. The predicted octanol–water partition coefficient (Wildman–Crippen LogP) is 5.94. The Balaban J connectivity index is 1.65. The molecule has 0 aromatic heterocycles. The van der Waals surface area contributed by atoms with Crippen molar-refractivity contribution >= 4 is 45.2 Å². The number of benzene rings is 3. The van der Waals surface area contributed by atoms with Gasteiger partial charge in [-0.15, -0.1) is 0 Å². The number of hydrogen-bond donors (Lipinski definition) is 2. The standard InChI is InChI=1S/C27H24BrN3O3/c1-17-6-4-8-22(12-17)30-26(32)16-34-25-11-10-20(14-23(25)28)13-21(15-29)27(33)31-24-9-5-7-18(2)19(24)3/h4-14H,16H2,1-3H3,(H,30,32)(H,31,33). The van der Waals surface area contributed by atoms with Gasteiger partial charge in [-0.1, -0.05) is 30.3 Å². The maximum Gasteiger partial charge on any atom is 0.266 e. The molecule has 2 amide bonds. The molecule has 0 heterocycles. The van der Waals surface area contributed by atoms with E-state index in [0.717, 1.165) is 16.7 Å². The van der Waals surface area contributed by atoms with Gasteiger partial charge in [-0.2, -0.15) is 5.26 Å². The van der Waals surface area contributed by atoms with Crippen molar-refractivity contribution in [3.8, 4) is 11.8 Å². The fourth-order valence-electron chi connectivity index (χ4n) is 3.18. The van der Waals surface area contributed by atoms with Crippen molar-refractivity contribution in [3.05, 3.63) is 93.0 Å². The highest BCUT2D eigenvalue weighted by Gasteiger charge is 2.13. The van der Waals surface area contributed by atoms with Crippen LogP contribution in [0.3, 0.4) is 0 Å². The van der Waals surface area contributed by atoms with Gasteiger partial charge in [0.05, 0.1) is 4.47 Å². The van der Waals surface area contributed by atoms with E-state index in [9.17, 15) is 14.9 Å². The van der Waals surface area contributed by atoms with E-state index in [1.54, 1.807) is 24.3 Å². The normalized spacial score (nSPS) is 10.9. The quantitative estimate of drug-likeness (QED) is 0.299. The summed E-state index contributed by atoms with van der Waals surface area (Å²) in [5.41, 5.74) is 5.02. The number of rotatable bonds is 7. The van der Waals surface area contributed by atoms with E-state index in [1.165, 1.54) is 6.08 Å². The zero-order valence-electron chi connectivity index (χ0n) is 19.1. The first-order chi connectivity index (χ1) is 16.3. The fourth-order valence-corrected chi connectivity index (χ4v) is 3.69. The topological polar surface area (TPSA) is 91.2 Å². The van der Waals surface area contributed by atoms with E-state index in [1.807, 2.05) is 63.2 Å². The molecule has 0 aliphatic carbocycles. The number of nitriles is 1. The summed E-state index contributed by atoms with van der Waals surface area (Å²) >= 11 is 3.42. The van der Waals surface area contributed by atoms with Gasteiger partial charge in [-0.3, -0.25) is 9.59 Å². The molecule has 2 N–H and O–H groups in total. The number of carbonyl (C=O) groups is 2. The summed E-state index contributed by atoms with van der Waals surface area (Å²) < 4.78 is 6.21. The Bertz CT molecular complexity index is 1310. The highest BCUT2D eigenvalue weighted by Crippen LogP contribution is 2.27. The fraction of sp³-hybridized carbons (Fsp3) is 0.148. The second-order valence-corrected chi connectivity index (χ2v) is 8.62. The molecule has 0 fully saturated rings. The minimum absolute atomic E-state index is 0.0287. The molecule has 172 valence electrons. The average Bonchev–Trinajstić information content (AvgIpc) is 2.80. The van der Waals surface area contributed by atoms with Gasteiger partial charge in [0.15, 0.2) is 6.61 Å². The van der Waals surface area contributed by atoms with Gasteiger partial charge in [0.1, 0.15) is 17.4 Å². The Kier molecular flexibility index (Phi) is 8.23. The van der Waals surface area contributed by atoms with E-state index < -0.39 is 5.91 Å². The third-order valence-electron chi connectivity index (χ3n) is 5.15. The Morgan fingerprint density at radius 3 is 2.50 bits per heavy atom. The lowest BCUT2D eigenvalue weighted by atomic mass is 10.1. The Morgan fingerprint density at radius 1 is 1.03 bits per heavy atom. The van der Waals surface area contributed by atoms with Crippen LogP contribution >= 0.6 is 15.9 Å². The van der Waals surface area contributed by atoms with Crippen LogP contribution in [-0.2, 0) is 9.59 Å². The summed E-state index contributed by atoms with van der Waals surface area (Å²) in [6.07, 6.45) is 1.50. The zero-order valence-corrected chi connectivity index (χ0v) is 20.7. The number of carbonyl (C=O) groups excluding carboxylic acids is 2. The van der Waals surface area contributed by atoms with Crippen molar-refractivity contribution in [1.82, 2.24) is 0 Å². The number of ether oxygens (including phenoxy) is 1. The molecule has 0 aliphatic heterocycles. The van der Waals surface area contributed by atoms with Gasteiger partial charge < -0.3 is 15.4 Å². The van der Waals surface area contributed by atoms with E-state index in [0.29, 0.717) is 27.2 Å². The molecule has 0 atom stereocenters. The molecule has 34 heavy (non-hydrogen) atoms. The van der Waals surface area contributed by atoms with Gasteiger partial charge in [0.25, 0.3) is 11.8 Å². The van der Waals surface area contributed by atoms with Crippen molar-refractivity contribution in [2.45, 2.75) is 20.8 Å². The number of nitrogens with one attached hydrogen (secondary N) is 2. The summed E-state index contributed by atoms with van der Waals surface area (Å²) in [6.45, 7) is 5.66. The monoisotopic (exact) mass is 517 g/mol. The lowest BCUT2D eigenvalue weighted by Gasteiger charge is -2.11. The molecule has 0 saturated heterocycles. The third kappa shape index (κ3) is 6.56. The highest BCUT2D eigenvalue weighted by molar-refractivity contribution is 9.10. The molecule has 0 aliphatic rings. The minimum atomic E-state index is -0.486. The van der Waals surface area contributed by atoms with Crippen LogP contribution in [0.15, 0.2) is 70.7 Å². The number of aryl methyl sites for hydroxylation is 2. The van der Waals surface area contributed by atoms with Gasteiger partial charge in [0, 0.05) is 11.4 Å². The van der Waals surface area contributed by atoms with Gasteiger partial charge in [0.2, 0.25) is 0 Å². The van der Waals surface area contributed by atoms with Gasteiger partial charge in [-0.05, 0) is 95.4 Å². The summed E-state index contributed by atoms with van der Waals surface area (Å²) in [7, 11) is 0. The molecule has 0 radical (unpaired) electrons. The van der Waals surface area contributed by atoms with Crippen LogP contribution in [0.1, 0.15) is 22.3 Å². The Labute approximate surface area is 207 Å². The molecule has 0 spiro atoms. The average molecular weight is 518 g/mol. The Hall–Kier alpha value is -3.89. The number of nitrogens with zero attached hydrogens (tertiary/aromatic N) is 1. The SMILES string of the molecule is Cc1cccc(NC(=O)COc2ccc(C=C(C#N)C(=O)Nc3cccc(C)c3C)cc2Br)c1. The van der Waals surface area contributed by atoms with E-state index >= 15 is 0 Å². The minimum Gasteiger partial charge on any atom is -0.483 e. The van der Waals surface area contributed by atoms with Crippen molar-refractivity contribution in [2.75, 3.05) is 17.2 Å². The van der Waals surface area contributed by atoms with E-state index in [-0.39, 0.29) is 18.1 Å². The zero-order chi connectivity index (χ0) is 24.7. The molecule has 0 saturated carbocycles. The largest absolute Gasteiger partial charge is 0.483 e. The van der Waals surface area contributed by atoms with Crippen molar-refractivity contribution in [1.29, 1.82) is 5.26 Å². The van der Waals surface area contributed by atoms with E-state index in [2.05, 4.69) is 26.6 Å². The molecule has 7 heteroatoms. The van der Waals surface area contributed by atoms with Crippen molar-refractivity contribution in [3.63, 3.8) is 0 Å². The second-order valence-electron chi connectivity index (χ2n) is 7.77. The highest BCUT2D eigenvalue weighted by atomic mass is 79.9. The Morgan fingerprint density at radius 2 is 1.79 bits per heavy atom. The van der Waals surface area contributed by atoms with Crippen LogP contribution in [0.25, 0.3) is 6.08 Å². The summed E-state index contributed by atoms with van der Waals surface area (Å²) in [5, 5.41) is 15.1. The van der Waals surface area contributed by atoms with Crippen LogP contribution < -0.4 is 15.4 Å². The first-order valence-corrected chi connectivity index (χ1v) is 11.3. The summed E-state index contributed by atoms with van der Waals surface area (Å²) in [4.78, 5) is 24.8. The first kappa shape index (κ1) is 24.7. The van der Waals surface area contributed by atoms with Crippen LogP contribution in [-0.4, -0.2) is 18.4 Å². The molecule has 0 bridgehead atoms. The van der Waals surface area contributed by atoms with E-state index in [4.69, 9.17) is 4.74 Å². The molecule has 3 aromatic carbocycles. The van der Waals surface area contributed by atoms with Gasteiger partial charge in [-0.25, -0.2) is 0 Å². The van der Waals surface area contributed by atoms with Crippen molar-refractivity contribution < 1.29 is 14.3 Å². The van der Waals surface area contributed by atoms with Crippen LogP contribution in [0.4, 0.5) is 11.4 Å². The lowest BCUT2D eigenvalue weighted by Crippen LogP contribution is -2.20. The summed E-state index contributed by atoms with van der Waals surface area (Å²) in [5.74, 6) is -0.299. The van der Waals surface area contributed by atoms with Crippen LogP contribution in [0, 0.1) is 32.1 Å². The van der Waals surface area contributed by atoms with Gasteiger partial charge >= 0.3 is 0 Å². The molecule has 0 unspecified atom stereocenters. The third-order valence-corrected chi connectivity index (χ3v) is 5.77. The molecule has 6 nitrogen and oxygen atoms in total. The number of halogens is 1. The number of amides is 2. The van der Waals surface area contributed by atoms with Crippen LogP contribution in [0.2, 0.25) is 0 Å². The van der Waals surface area contributed by atoms with Crippen molar-refractivity contribution in [2.24, 2.45) is 0 Å². The maximum atomic E-state index is 12.6. The predicted molar refractivity (Wildman–Crippen MR) is 138 cm³/mol. The van der Waals surface area contributed by atoms with Crippen LogP contribution in [0.5, 0.6) is 5.75 Å². The molecule has 3 rings (SSSR count). The lowest BCUT2D eigenvalue weighted by molar-refractivity contribution is -0.118. The second kappa shape index (κ2) is 11.3. The molecule has 3 aromatic rings. The number of anilines is 2. The molecular formula is C27H24BrN3O3.